The summed E-state index contributed by atoms with van der Waals surface area (Å²) in [6.07, 6.45) is 7.00. The maximum absolute atomic E-state index is 11.8. The molecule has 120 valence electrons. The van der Waals surface area contributed by atoms with Crippen LogP contribution in [-0.2, 0) is 22.7 Å². The van der Waals surface area contributed by atoms with Crippen molar-refractivity contribution < 1.29 is 14.2 Å². The van der Waals surface area contributed by atoms with Crippen molar-refractivity contribution in [3.8, 4) is 11.3 Å². The van der Waals surface area contributed by atoms with Crippen molar-refractivity contribution >= 4 is 5.97 Å². The van der Waals surface area contributed by atoms with Crippen LogP contribution in [0.15, 0.2) is 67.4 Å². The van der Waals surface area contributed by atoms with Crippen LogP contribution in [0.1, 0.15) is 12.0 Å². The van der Waals surface area contributed by atoms with E-state index in [1.807, 2.05) is 48.7 Å². The summed E-state index contributed by atoms with van der Waals surface area (Å²) in [6, 6.07) is 13.3. The molecule has 0 amide bonds. The molecule has 0 saturated heterocycles. The van der Waals surface area contributed by atoms with Gasteiger partial charge in [-0.15, -0.1) is 0 Å². The molecule has 0 aliphatic heterocycles. The Kier molecular flexibility index (Phi) is 5.19. The van der Waals surface area contributed by atoms with E-state index in [1.54, 1.807) is 17.1 Å². The fraction of sp³-hybridized carbons (Fsp3) is 0.167. The predicted octanol–water partition coefficient (Wildman–Crippen LogP) is 1.96. The van der Waals surface area contributed by atoms with Crippen molar-refractivity contribution in [3.05, 3.63) is 72.9 Å². The number of hydrogen-bond acceptors (Lipinski definition) is 5. The van der Waals surface area contributed by atoms with E-state index in [1.165, 1.54) is 6.33 Å². The summed E-state index contributed by atoms with van der Waals surface area (Å²) in [5.74, 6) is -0.243. The van der Waals surface area contributed by atoms with Crippen molar-refractivity contribution in [3.63, 3.8) is 0 Å². The van der Waals surface area contributed by atoms with E-state index in [0.29, 0.717) is 13.2 Å². The van der Waals surface area contributed by atoms with Crippen molar-refractivity contribution in [1.29, 1.82) is 0 Å². The van der Waals surface area contributed by atoms with Gasteiger partial charge in [0.2, 0.25) is 0 Å². The van der Waals surface area contributed by atoms with Crippen LogP contribution in [0.25, 0.3) is 11.3 Å². The second-order valence-corrected chi connectivity index (χ2v) is 5.17. The van der Waals surface area contributed by atoms with Crippen LogP contribution in [0.3, 0.4) is 0 Å². The molecule has 3 aromatic rings. The van der Waals surface area contributed by atoms with E-state index in [2.05, 4.69) is 15.1 Å². The minimum absolute atomic E-state index is 0.243. The van der Waals surface area contributed by atoms with Crippen LogP contribution in [0, 0.1) is 0 Å². The van der Waals surface area contributed by atoms with Gasteiger partial charge in [-0.2, -0.15) is 0 Å². The Morgan fingerprint density at radius 2 is 2.00 bits per heavy atom. The molecule has 0 spiro atoms. The summed E-state index contributed by atoms with van der Waals surface area (Å²) < 4.78 is 6.95. The van der Waals surface area contributed by atoms with E-state index >= 15 is 0 Å². The molecule has 0 aliphatic rings. The Bertz CT molecular complexity index is 777. The summed E-state index contributed by atoms with van der Waals surface area (Å²) in [7, 11) is 0. The smallest absolute Gasteiger partial charge is 0.312 e. The lowest BCUT2D eigenvalue weighted by atomic mass is 10.2. The molecule has 0 bridgehead atoms. The number of aromatic nitrogens is 4. The number of ether oxygens (including phenoxy) is 1. The lowest BCUT2D eigenvalue weighted by Crippen LogP contribution is -2.38. The molecule has 24 heavy (non-hydrogen) atoms. The molecule has 2 heterocycles. The molecule has 0 unspecified atom stereocenters. The van der Waals surface area contributed by atoms with Gasteiger partial charge in [0.05, 0.1) is 5.69 Å². The molecule has 0 N–H and O–H groups in total. The zero-order valence-corrected chi connectivity index (χ0v) is 13.1. The summed E-state index contributed by atoms with van der Waals surface area (Å²) in [4.78, 5) is 19.9. The average molecular weight is 321 g/mol. The predicted molar refractivity (Wildman–Crippen MR) is 86.3 cm³/mol. The van der Waals surface area contributed by atoms with Gasteiger partial charge < -0.3 is 4.74 Å². The number of benzene rings is 1. The number of esters is 1. The van der Waals surface area contributed by atoms with Gasteiger partial charge >= 0.3 is 5.97 Å². The van der Waals surface area contributed by atoms with Gasteiger partial charge in [0.15, 0.2) is 12.7 Å². The summed E-state index contributed by atoms with van der Waals surface area (Å²) in [5.41, 5.74) is 2.69. The minimum Gasteiger partial charge on any atom is -0.461 e. The van der Waals surface area contributed by atoms with Crippen molar-refractivity contribution in [2.45, 2.75) is 19.6 Å². The Balaban J connectivity index is 1.49. The average Bonchev–Trinajstić information content (AvgIpc) is 2.67. The molecule has 6 heteroatoms. The summed E-state index contributed by atoms with van der Waals surface area (Å²) in [6.45, 7) is 0.766. The van der Waals surface area contributed by atoms with Crippen LogP contribution in [-0.4, -0.2) is 21.0 Å². The van der Waals surface area contributed by atoms with Gasteiger partial charge in [-0.1, -0.05) is 35.0 Å². The lowest BCUT2D eigenvalue weighted by molar-refractivity contribution is -0.752. The molecule has 0 atom stereocenters. The van der Waals surface area contributed by atoms with Crippen LogP contribution >= 0.6 is 0 Å². The summed E-state index contributed by atoms with van der Waals surface area (Å²) >= 11 is 0. The highest BCUT2D eigenvalue weighted by Gasteiger charge is 2.10. The SMILES string of the molecule is O=C(CC[n+]1ccc(-c2ccncn2)cn1)OCc1ccccc1. The van der Waals surface area contributed by atoms with Crippen LogP contribution < -0.4 is 4.68 Å². The molecule has 0 saturated carbocycles. The molecule has 0 fully saturated rings. The largest absolute Gasteiger partial charge is 0.461 e. The first-order chi connectivity index (χ1) is 11.8. The third-order valence-electron chi connectivity index (χ3n) is 3.44. The van der Waals surface area contributed by atoms with E-state index in [-0.39, 0.29) is 12.4 Å². The first-order valence-corrected chi connectivity index (χ1v) is 7.63. The highest BCUT2D eigenvalue weighted by Crippen LogP contribution is 2.11. The highest BCUT2D eigenvalue weighted by molar-refractivity contribution is 5.69. The molecule has 3 rings (SSSR count). The van der Waals surface area contributed by atoms with E-state index in [4.69, 9.17) is 4.74 Å². The zero-order chi connectivity index (χ0) is 16.6. The van der Waals surface area contributed by atoms with E-state index in [9.17, 15) is 4.79 Å². The standard InChI is InChI=1S/C18H17N4O2/c23-18(24-13-15-4-2-1-3-5-15)8-11-22-10-7-16(12-21-22)17-6-9-19-14-20-17/h1-7,9-10,12,14H,8,11,13H2/q+1. The van der Waals surface area contributed by atoms with Crippen molar-refractivity contribution in [2.24, 2.45) is 0 Å². The van der Waals surface area contributed by atoms with Gasteiger partial charge in [-0.05, 0) is 16.7 Å². The molecule has 0 aliphatic carbocycles. The normalized spacial score (nSPS) is 10.3. The summed E-state index contributed by atoms with van der Waals surface area (Å²) in [5, 5.41) is 4.29. The fourth-order valence-electron chi connectivity index (χ4n) is 2.15. The molecule has 1 aromatic carbocycles. The van der Waals surface area contributed by atoms with Crippen LogP contribution in [0.2, 0.25) is 0 Å². The first kappa shape index (κ1) is 15.7. The maximum Gasteiger partial charge on any atom is 0.312 e. The number of aryl methyl sites for hydroxylation is 1. The first-order valence-electron chi connectivity index (χ1n) is 7.63. The third kappa shape index (κ3) is 4.42. The highest BCUT2D eigenvalue weighted by atomic mass is 16.5. The van der Waals surface area contributed by atoms with Gasteiger partial charge in [-0.25, -0.2) is 9.97 Å². The van der Waals surface area contributed by atoms with Gasteiger partial charge in [0.1, 0.15) is 25.6 Å². The fourth-order valence-corrected chi connectivity index (χ4v) is 2.15. The maximum atomic E-state index is 11.8. The Labute approximate surface area is 139 Å². The van der Waals surface area contributed by atoms with Gasteiger partial charge in [0.25, 0.3) is 0 Å². The Hall–Kier alpha value is -3.15. The number of carbonyl (C=O) groups is 1. The number of hydrogen-bond donors (Lipinski definition) is 0. The van der Waals surface area contributed by atoms with Crippen LogP contribution in [0.4, 0.5) is 0 Å². The van der Waals surface area contributed by atoms with Crippen molar-refractivity contribution in [1.82, 2.24) is 15.1 Å². The minimum atomic E-state index is -0.243. The second-order valence-electron chi connectivity index (χ2n) is 5.17. The van der Waals surface area contributed by atoms with Gasteiger partial charge in [0, 0.05) is 17.8 Å². The number of carbonyl (C=O) groups excluding carboxylic acids is 1. The molecule has 0 radical (unpaired) electrons. The van der Waals surface area contributed by atoms with Crippen molar-refractivity contribution in [2.75, 3.05) is 0 Å². The monoisotopic (exact) mass is 321 g/mol. The second kappa shape index (κ2) is 7.92. The Morgan fingerprint density at radius 1 is 1.12 bits per heavy atom. The van der Waals surface area contributed by atoms with Gasteiger partial charge in [-0.3, -0.25) is 4.79 Å². The Morgan fingerprint density at radius 3 is 2.71 bits per heavy atom. The van der Waals surface area contributed by atoms with Crippen LogP contribution in [0.5, 0.6) is 0 Å². The lowest BCUT2D eigenvalue weighted by Gasteiger charge is -2.03. The third-order valence-corrected chi connectivity index (χ3v) is 3.44. The topological polar surface area (TPSA) is 68.9 Å². The zero-order valence-electron chi connectivity index (χ0n) is 13.1. The molecule has 6 nitrogen and oxygen atoms in total. The van der Waals surface area contributed by atoms with E-state index in [0.717, 1.165) is 16.8 Å². The van der Waals surface area contributed by atoms with E-state index < -0.39 is 0 Å². The molecule has 2 aromatic heterocycles. The number of nitrogens with zero attached hydrogens (tertiary/aromatic N) is 4. The number of rotatable bonds is 6. The molecular weight excluding hydrogens is 304 g/mol. The molecular formula is C18H17N4O2+. The quantitative estimate of drug-likeness (QED) is 0.513.